The number of nitrogens with two attached hydrogens (primary N) is 1. The van der Waals surface area contributed by atoms with Crippen LogP contribution in [0.2, 0.25) is 10.0 Å². The van der Waals surface area contributed by atoms with Gasteiger partial charge in [0.15, 0.2) is 5.82 Å². The topological polar surface area (TPSA) is 92.6 Å². The molecule has 122 valence electrons. The van der Waals surface area contributed by atoms with Crippen LogP contribution in [0.3, 0.4) is 0 Å². The van der Waals surface area contributed by atoms with Gasteiger partial charge < -0.3 is 11.1 Å². The van der Waals surface area contributed by atoms with Gasteiger partial charge in [-0.15, -0.1) is 0 Å². The first-order valence-corrected chi connectivity index (χ1v) is 8.26. The smallest absolute Gasteiger partial charge is 0.240 e. The Hall–Kier alpha value is -1.63. The summed E-state index contributed by atoms with van der Waals surface area (Å²) in [5.74, 6) is 0.659. The molecule has 1 aromatic heterocycles. The Morgan fingerprint density at radius 1 is 1.30 bits per heavy atom. The predicted molar refractivity (Wildman–Crippen MR) is 91.3 cm³/mol. The van der Waals surface area contributed by atoms with E-state index in [1.165, 1.54) is 0 Å². The van der Waals surface area contributed by atoms with Crippen molar-refractivity contribution in [3.05, 3.63) is 33.9 Å². The Balaban J connectivity index is 1.99. The van der Waals surface area contributed by atoms with E-state index < -0.39 is 0 Å². The lowest BCUT2D eigenvalue weighted by Crippen LogP contribution is -2.35. The third kappa shape index (κ3) is 3.49. The Bertz CT molecular complexity index is 767. The number of nitrogens with one attached hydrogen (secondary N) is 2. The maximum Gasteiger partial charge on any atom is 0.240 e. The molecule has 0 atom stereocenters. The first-order valence-electron chi connectivity index (χ1n) is 7.50. The monoisotopic (exact) mass is 352 g/mol. The number of halogens is 2. The van der Waals surface area contributed by atoms with Crippen LogP contribution in [0, 0.1) is 11.3 Å². The van der Waals surface area contributed by atoms with E-state index in [2.05, 4.69) is 15.4 Å². The molecule has 0 radical (unpaired) electrons. The van der Waals surface area contributed by atoms with Crippen molar-refractivity contribution in [2.24, 2.45) is 5.92 Å². The molecular weight excluding hydrogens is 335 g/mol. The summed E-state index contributed by atoms with van der Waals surface area (Å²) in [5, 5.41) is 16.7. The van der Waals surface area contributed by atoms with Crippen molar-refractivity contribution in [2.45, 2.75) is 19.4 Å². The van der Waals surface area contributed by atoms with E-state index in [0.717, 1.165) is 25.9 Å². The number of piperidine rings is 1. The minimum Gasteiger partial charge on any atom is -0.382 e. The van der Waals surface area contributed by atoms with Crippen LogP contribution in [0.25, 0.3) is 11.3 Å². The molecule has 23 heavy (non-hydrogen) atoms. The summed E-state index contributed by atoms with van der Waals surface area (Å²) in [6.07, 6.45) is 2.12. The Labute approximate surface area is 144 Å². The van der Waals surface area contributed by atoms with Crippen LogP contribution in [0.5, 0.6) is 0 Å². The van der Waals surface area contributed by atoms with Gasteiger partial charge in [-0.3, -0.25) is 5.41 Å². The molecule has 2 aromatic rings. The van der Waals surface area contributed by atoms with Gasteiger partial charge in [0, 0.05) is 12.1 Å². The average Bonchev–Trinajstić information content (AvgIpc) is 2.54. The van der Waals surface area contributed by atoms with E-state index in [1.54, 1.807) is 22.9 Å². The van der Waals surface area contributed by atoms with E-state index in [4.69, 9.17) is 34.3 Å². The molecule has 2 heterocycles. The number of aromatic nitrogens is 3. The van der Waals surface area contributed by atoms with Crippen LogP contribution in [-0.2, 0) is 6.54 Å². The molecule has 4 N–H and O–H groups in total. The molecule has 0 unspecified atom stereocenters. The largest absolute Gasteiger partial charge is 0.382 e. The van der Waals surface area contributed by atoms with Crippen LogP contribution in [-0.4, -0.2) is 27.9 Å². The van der Waals surface area contributed by atoms with Crippen molar-refractivity contribution in [2.75, 3.05) is 18.8 Å². The highest BCUT2D eigenvalue weighted by Crippen LogP contribution is 2.33. The number of rotatable bonds is 3. The van der Waals surface area contributed by atoms with E-state index in [1.807, 2.05) is 0 Å². The fourth-order valence-corrected chi connectivity index (χ4v) is 3.15. The molecule has 3 rings (SSSR count). The summed E-state index contributed by atoms with van der Waals surface area (Å²) < 4.78 is 1.60. The number of hydrogen-bond acceptors (Lipinski definition) is 5. The van der Waals surface area contributed by atoms with Crippen molar-refractivity contribution >= 4 is 29.0 Å². The Kier molecular flexibility index (Phi) is 4.84. The van der Waals surface area contributed by atoms with Gasteiger partial charge in [0.2, 0.25) is 5.62 Å². The fraction of sp³-hybridized carbons (Fsp3) is 0.400. The van der Waals surface area contributed by atoms with Gasteiger partial charge in [-0.1, -0.05) is 35.3 Å². The zero-order valence-corrected chi connectivity index (χ0v) is 14.0. The summed E-state index contributed by atoms with van der Waals surface area (Å²) >= 11 is 12.3. The standard InChI is InChI=1S/C15H18Cl2N6/c16-11-3-1-2-10(12(11)17)13-14(18)21-15(19)23(22-13)8-9-4-6-20-7-5-9/h1-3,9,20H,4-8H2,(H3,18,19,21). The van der Waals surface area contributed by atoms with Crippen molar-refractivity contribution in [3.8, 4) is 11.3 Å². The fourth-order valence-electron chi connectivity index (χ4n) is 2.76. The maximum absolute atomic E-state index is 8.02. The highest BCUT2D eigenvalue weighted by Gasteiger charge is 2.17. The van der Waals surface area contributed by atoms with Crippen molar-refractivity contribution in [1.82, 2.24) is 20.1 Å². The zero-order chi connectivity index (χ0) is 16.4. The lowest BCUT2D eigenvalue weighted by atomic mass is 9.98. The number of anilines is 1. The third-order valence-electron chi connectivity index (χ3n) is 4.03. The third-order valence-corrected chi connectivity index (χ3v) is 4.85. The second-order valence-corrected chi connectivity index (χ2v) is 6.43. The highest BCUT2D eigenvalue weighted by atomic mass is 35.5. The molecule has 1 aromatic carbocycles. The van der Waals surface area contributed by atoms with Crippen LogP contribution in [0.4, 0.5) is 5.82 Å². The van der Waals surface area contributed by atoms with E-state index in [0.29, 0.717) is 33.8 Å². The molecule has 0 spiro atoms. The molecular formula is C15H18Cl2N6. The summed E-state index contributed by atoms with van der Waals surface area (Å²) in [6.45, 7) is 2.64. The maximum atomic E-state index is 8.02. The minimum atomic E-state index is 0.0583. The molecule has 1 saturated heterocycles. The molecule has 1 aliphatic heterocycles. The van der Waals surface area contributed by atoms with Crippen molar-refractivity contribution < 1.29 is 0 Å². The first kappa shape index (κ1) is 16.2. The summed E-state index contributed by atoms with van der Waals surface area (Å²) in [4.78, 5) is 4.11. The number of benzene rings is 1. The molecule has 1 fully saturated rings. The van der Waals surface area contributed by atoms with Gasteiger partial charge in [0.1, 0.15) is 5.69 Å². The lowest BCUT2D eigenvalue weighted by molar-refractivity contribution is 0.311. The second kappa shape index (κ2) is 6.86. The molecule has 0 aliphatic carbocycles. The normalized spacial score (nSPS) is 15.7. The van der Waals surface area contributed by atoms with E-state index in [-0.39, 0.29) is 11.4 Å². The van der Waals surface area contributed by atoms with Crippen molar-refractivity contribution in [3.63, 3.8) is 0 Å². The second-order valence-electron chi connectivity index (χ2n) is 5.65. The van der Waals surface area contributed by atoms with Gasteiger partial charge in [-0.05, 0) is 37.9 Å². The minimum absolute atomic E-state index is 0.0583. The molecule has 6 nitrogen and oxygen atoms in total. The zero-order valence-electron chi connectivity index (χ0n) is 12.5. The Morgan fingerprint density at radius 2 is 2.04 bits per heavy atom. The average molecular weight is 353 g/mol. The SMILES string of the molecule is N=c1nc(N)c(-c2cccc(Cl)c2Cl)nn1CC1CCNCC1. The molecule has 1 aliphatic rings. The summed E-state index contributed by atoms with van der Waals surface area (Å²) in [7, 11) is 0. The molecule has 0 bridgehead atoms. The van der Waals surface area contributed by atoms with Gasteiger partial charge >= 0.3 is 0 Å². The highest BCUT2D eigenvalue weighted by molar-refractivity contribution is 6.43. The number of nitrogens with zero attached hydrogens (tertiary/aromatic N) is 3. The summed E-state index contributed by atoms with van der Waals surface area (Å²) in [6, 6.07) is 5.29. The molecule has 0 saturated carbocycles. The first-order chi connectivity index (χ1) is 11.1. The van der Waals surface area contributed by atoms with Crippen LogP contribution >= 0.6 is 23.2 Å². The predicted octanol–water partition coefficient (Wildman–Crippen LogP) is 2.31. The number of hydrogen-bond donors (Lipinski definition) is 3. The lowest BCUT2D eigenvalue weighted by Gasteiger charge is -2.23. The quantitative estimate of drug-likeness (QED) is 0.790. The van der Waals surface area contributed by atoms with Gasteiger partial charge in [0.25, 0.3) is 0 Å². The molecule has 0 amide bonds. The van der Waals surface area contributed by atoms with E-state index >= 15 is 0 Å². The molecule has 8 heteroatoms. The number of nitrogen functional groups attached to an aromatic ring is 1. The van der Waals surface area contributed by atoms with Crippen LogP contribution < -0.4 is 16.7 Å². The van der Waals surface area contributed by atoms with Crippen LogP contribution in [0.1, 0.15) is 12.8 Å². The van der Waals surface area contributed by atoms with Gasteiger partial charge in [-0.25, -0.2) is 4.68 Å². The van der Waals surface area contributed by atoms with E-state index in [9.17, 15) is 0 Å². The van der Waals surface area contributed by atoms with Gasteiger partial charge in [0.05, 0.1) is 10.0 Å². The van der Waals surface area contributed by atoms with Gasteiger partial charge in [-0.2, -0.15) is 10.1 Å². The van der Waals surface area contributed by atoms with Crippen LogP contribution in [0.15, 0.2) is 18.2 Å². The summed E-state index contributed by atoms with van der Waals surface area (Å²) in [5.41, 5.74) is 7.10. The van der Waals surface area contributed by atoms with Crippen molar-refractivity contribution in [1.29, 1.82) is 5.41 Å². The Morgan fingerprint density at radius 3 is 2.78 bits per heavy atom.